The first-order valence-electron chi connectivity index (χ1n) is 5.51. The molecule has 2 aromatic heterocycles. The largest absolute Gasteiger partial charge is 0.394 e. The van der Waals surface area contributed by atoms with Gasteiger partial charge in [-0.1, -0.05) is 0 Å². The number of hydrogen-bond acceptors (Lipinski definition) is 6. The Morgan fingerprint density at radius 1 is 1.61 bits per heavy atom. The van der Waals surface area contributed by atoms with E-state index in [2.05, 4.69) is 15.0 Å². The fourth-order valence-corrected chi connectivity index (χ4v) is 1.65. The fraction of sp³-hybridized carbons (Fsp3) is 0.500. The summed E-state index contributed by atoms with van der Waals surface area (Å²) in [4.78, 5) is 22.0. The van der Waals surface area contributed by atoms with E-state index in [9.17, 15) is 4.79 Å². The van der Waals surface area contributed by atoms with Gasteiger partial charge in [-0.25, -0.2) is 4.98 Å². The van der Waals surface area contributed by atoms with Gasteiger partial charge in [-0.15, -0.1) is 0 Å². The molecule has 0 spiro atoms. The van der Waals surface area contributed by atoms with Crippen LogP contribution < -0.4 is 11.3 Å². The van der Waals surface area contributed by atoms with Crippen molar-refractivity contribution in [1.29, 1.82) is 0 Å². The fourth-order valence-electron chi connectivity index (χ4n) is 1.65. The molecule has 2 unspecified atom stereocenters. The van der Waals surface area contributed by atoms with E-state index in [0.29, 0.717) is 5.65 Å². The lowest BCUT2D eigenvalue weighted by Crippen LogP contribution is -2.20. The van der Waals surface area contributed by atoms with Gasteiger partial charge in [0, 0.05) is 0 Å². The lowest BCUT2D eigenvalue weighted by molar-refractivity contribution is -0.0542. The molecule has 0 saturated carbocycles. The number of anilines is 1. The third-order valence-electron chi connectivity index (χ3n) is 2.53. The van der Waals surface area contributed by atoms with Crippen molar-refractivity contribution in [2.75, 3.05) is 12.3 Å². The summed E-state index contributed by atoms with van der Waals surface area (Å²) in [5.74, 6) is 0.0247. The second-order valence-electron chi connectivity index (χ2n) is 4.00. The van der Waals surface area contributed by atoms with E-state index in [-0.39, 0.29) is 24.2 Å². The van der Waals surface area contributed by atoms with Crippen LogP contribution in [0, 0.1) is 0 Å². The summed E-state index contributed by atoms with van der Waals surface area (Å²) in [5.41, 5.74) is 5.66. The molecule has 0 saturated heterocycles. The van der Waals surface area contributed by atoms with Gasteiger partial charge in [0.1, 0.15) is 6.23 Å². The molecule has 0 aliphatic heterocycles. The van der Waals surface area contributed by atoms with Crippen LogP contribution in [0.2, 0.25) is 0 Å². The van der Waals surface area contributed by atoms with Crippen molar-refractivity contribution in [3.8, 4) is 0 Å². The number of H-pyrrole nitrogens is 1. The zero-order valence-electron chi connectivity index (χ0n) is 10.1. The van der Waals surface area contributed by atoms with Crippen LogP contribution in [0.4, 0.5) is 5.95 Å². The maximum absolute atomic E-state index is 11.6. The average molecular weight is 253 g/mol. The van der Waals surface area contributed by atoms with Crippen molar-refractivity contribution >= 4 is 17.1 Å². The Bertz CT molecular complexity index is 605. The molecule has 0 aliphatic carbocycles. The molecule has 8 nitrogen and oxygen atoms in total. The SMILES string of the molecule is CC(CO)OC(C)n1cnc2c(=O)[nH]c(N)nc21. The number of nitrogens with one attached hydrogen (secondary N) is 1. The van der Waals surface area contributed by atoms with Crippen LogP contribution in [0.5, 0.6) is 0 Å². The quantitative estimate of drug-likeness (QED) is 0.683. The van der Waals surface area contributed by atoms with Gasteiger partial charge in [0.25, 0.3) is 5.56 Å². The summed E-state index contributed by atoms with van der Waals surface area (Å²) in [7, 11) is 0. The average Bonchev–Trinajstić information content (AvgIpc) is 2.72. The van der Waals surface area contributed by atoms with Gasteiger partial charge in [0.05, 0.1) is 19.0 Å². The maximum atomic E-state index is 11.6. The van der Waals surface area contributed by atoms with Crippen molar-refractivity contribution in [2.45, 2.75) is 26.2 Å². The van der Waals surface area contributed by atoms with E-state index in [1.54, 1.807) is 18.4 Å². The molecule has 0 fully saturated rings. The number of fused-ring (bicyclic) bond motifs is 1. The van der Waals surface area contributed by atoms with E-state index in [1.807, 2.05) is 0 Å². The highest BCUT2D eigenvalue weighted by Gasteiger charge is 2.15. The third-order valence-corrected chi connectivity index (χ3v) is 2.53. The van der Waals surface area contributed by atoms with Gasteiger partial charge in [0.2, 0.25) is 5.95 Å². The van der Waals surface area contributed by atoms with E-state index >= 15 is 0 Å². The summed E-state index contributed by atoms with van der Waals surface area (Å²) in [6.45, 7) is 3.42. The second-order valence-corrected chi connectivity index (χ2v) is 4.00. The van der Waals surface area contributed by atoms with Crippen LogP contribution in [0.1, 0.15) is 20.1 Å². The predicted octanol–water partition coefficient (Wildman–Crippen LogP) is -0.382. The Morgan fingerprint density at radius 3 is 3.00 bits per heavy atom. The summed E-state index contributed by atoms with van der Waals surface area (Å²) >= 11 is 0. The highest BCUT2D eigenvalue weighted by atomic mass is 16.5. The van der Waals surface area contributed by atoms with E-state index in [1.165, 1.54) is 6.33 Å². The molecule has 0 aromatic carbocycles. The van der Waals surface area contributed by atoms with Crippen molar-refractivity contribution in [2.24, 2.45) is 0 Å². The summed E-state index contributed by atoms with van der Waals surface area (Å²) < 4.78 is 7.10. The minimum atomic E-state index is -0.411. The number of aromatic nitrogens is 4. The van der Waals surface area contributed by atoms with E-state index < -0.39 is 11.8 Å². The van der Waals surface area contributed by atoms with Gasteiger partial charge < -0.3 is 15.6 Å². The zero-order chi connectivity index (χ0) is 13.3. The van der Waals surface area contributed by atoms with Crippen molar-refractivity contribution in [3.63, 3.8) is 0 Å². The topological polar surface area (TPSA) is 119 Å². The van der Waals surface area contributed by atoms with Crippen LogP contribution in [0.25, 0.3) is 11.2 Å². The molecule has 2 heterocycles. The molecule has 2 rings (SSSR count). The highest BCUT2D eigenvalue weighted by molar-refractivity contribution is 5.70. The maximum Gasteiger partial charge on any atom is 0.280 e. The Balaban J connectivity index is 2.43. The number of aromatic amines is 1. The molecule has 98 valence electrons. The second kappa shape index (κ2) is 4.75. The minimum absolute atomic E-state index is 0.0247. The van der Waals surface area contributed by atoms with Crippen LogP contribution in [-0.2, 0) is 4.74 Å². The molecule has 0 amide bonds. The number of ether oxygens (including phenoxy) is 1. The lowest BCUT2D eigenvalue weighted by atomic mass is 10.4. The summed E-state index contributed by atoms with van der Waals surface area (Å²) in [6.07, 6.45) is 0.726. The Kier molecular flexibility index (Phi) is 3.30. The smallest absolute Gasteiger partial charge is 0.280 e. The van der Waals surface area contributed by atoms with Crippen LogP contribution in [0.3, 0.4) is 0 Å². The lowest BCUT2D eigenvalue weighted by Gasteiger charge is -2.18. The number of aliphatic hydroxyl groups excluding tert-OH is 1. The molecular formula is C10H15N5O3. The first kappa shape index (κ1) is 12.5. The number of aliphatic hydroxyl groups is 1. The number of nitrogen functional groups attached to an aromatic ring is 1. The van der Waals surface area contributed by atoms with E-state index in [4.69, 9.17) is 15.6 Å². The van der Waals surface area contributed by atoms with Gasteiger partial charge in [-0.2, -0.15) is 4.98 Å². The van der Waals surface area contributed by atoms with Crippen molar-refractivity contribution < 1.29 is 9.84 Å². The Morgan fingerprint density at radius 2 is 2.33 bits per heavy atom. The number of hydrogen-bond donors (Lipinski definition) is 3. The van der Waals surface area contributed by atoms with Crippen LogP contribution >= 0.6 is 0 Å². The first-order valence-corrected chi connectivity index (χ1v) is 5.51. The normalized spacial score (nSPS) is 14.8. The Hall–Kier alpha value is -1.93. The molecule has 4 N–H and O–H groups in total. The monoisotopic (exact) mass is 253 g/mol. The van der Waals surface area contributed by atoms with Crippen molar-refractivity contribution in [3.05, 3.63) is 16.7 Å². The molecule has 2 aromatic rings. The molecule has 0 bridgehead atoms. The summed E-state index contributed by atoms with van der Waals surface area (Å²) in [6, 6.07) is 0. The van der Waals surface area contributed by atoms with Gasteiger partial charge in [-0.05, 0) is 13.8 Å². The highest BCUT2D eigenvalue weighted by Crippen LogP contribution is 2.16. The molecule has 0 aliphatic rings. The van der Waals surface area contributed by atoms with Crippen LogP contribution in [0.15, 0.2) is 11.1 Å². The number of rotatable bonds is 4. The molecule has 8 heteroatoms. The zero-order valence-corrected chi connectivity index (χ0v) is 10.1. The predicted molar refractivity (Wildman–Crippen MR) is 64.9 cm³/mol. The molecule has 0 radical (unpaired) electrons. The molecule has 2 atom stereocenters. The van der Waals surface area contributed by atoms with Gasteiger partial charge in [-0.3, -0.25) is 14.3 Å². The van der Waals surface area contributed by atoms with E-state index in [0.717, 1.165) is 0 Å². The minimum Gasteiger partial charge on any atom is -0.394 e. The molecule has 18 heavy (non-hydrogen) atoms. The number of nitrogens with zero attached hydrogens (tertiary/aromatic N) is 3. The summed E-state index contributed by atoms with van der Waals surface area (Å²) in [5, 5.41) is 8.94. The van der Waals surface area contributed by atoms with Gasteiger partial charge >= 0.3 is 0 Å². The van der Waals surface area contributed by atoms with Crippen LogP contribution in [-0.4, -0.2) is 37.3 Å². The number of nitrogens with two attached hydrogens (primary N) is 1. The molecular weight excluding hydrogens is 238 g/mol. The first-order chi connectivity index (χ1) is 8.52. The number of imidazole rings is 1. The van der Waals surface area contributed by atoms with Gasteiger partial charge in [0.15, 0.2) is 11.2 Å². The third kappa shape index (κ3) is 2.20. The standard InChI is InChI=1S/C10H15N5O3/c1-5(3-16)18-6(2)15-4-12-7-8(15)13-10(11)14-9(7)17/h4-6,16H,3H2,1-2H3,(H3,11,13,14,17). The van der Waals surface area contributed by atoms with Crippen molar-refractivity contribution in [1.82, 2.24) is 19.5 Å². The Labute approximate surface area is 102 Å².